The van der Waals surface area contributed by atoms with Crippen molar-refractivity contribution >= 4 is 37.7 Å². The lowest BCUT2D eigenvalue weighted by molar-refractivity contribution is 0.454. The van der Waals surface area contributed by atoms with Crippen LogP contribution >= 0.6 is 31.9 Å². The van der Waals surface area contributed by atoms with Gasteiger partial charge < -0.3 is 4.90 Å². The number of nitrogens with zero attached hydrogens (tertiary/aromatic N) is 3. The van der Waals surface area contributed by atoms with Gasteiger partial charge in [-0.2, -0.15) is 0 Å². The number of rotatable bonds is 1. The molecule has 1 aromatic rings. The molecule has 0 aromatic carbocycles. The first-order valence-corrected chi connectivity index (χ1v) is 6.74. The Kier molecular flexibility index (Phi) is 3.61. The fourth-order valence-electron chi connectivity index (χ4n) is 1.75. The maximum atomic E-state index is 4.31. The van der Waals surface area contributed by atoms with Crippen molar-refractivity contribution in [2.24, 2.45) is 5.92 Å². The minimum Gasteiger partial charge on any atom is -0.354 e. The van der Waals surface area contributed by atoms with Crippen LogP contribution < -0.4 is 4.90 Å². The first-order chi connectivity index (χ1) is 7.18. The fraction of sp³-hybridized carbons (Fsp3) is 0.600. The smallest absolute Gasteiger partial charge is 0.146 e. The predicted molar refractivity (Wildman–Crippen MR) is 68.4 cm³/mol. The van der Waals surface area contributed by atoms with Gasteiger partial charge in [0, 0.05) is 24.1 Å². The van der Waals surface area contributed by atoms with Crippen molar-refractivity contribution in [1.29, 1.82) is 0 Å². The van der Waals surface area contributed by atoms with Crippen LogP contribution in [0, 0.1) is 5.92 Å². The van der Waals surface area contributed by atoms with E-state index in [0.29, 0.717) is 4.83 Å². The highest BCUT2D eigenvalue weighted by Gasteiger charge is 2.25. The van der Waals surface area contributed by atoms with Crippen molar-refractivity contribution in [2.75, 3.05) is 18.0 Å². The summed E-state index contributed by atoms with van der Waals surface area (Å²) in [6, 6.07) is 0. The summed E-state index contributed by atoms with van der Waals surface area (Å²) in [6.07, 6.45) is 4.59. The second-order valence-corrected chi connectivity index (χ2v) is 5.95. The lowest BCUT2D eigenvalue weighted by atomic mass is 9.99. The standard InChI is InChI=1S/C10H13Br2N3/c1-7-2-3-15(5-9(7)12)10-8(11)4-13-6-14-10/h4,6-7,9H,2-3,5H2,1H3. The Morgan fingerprint density at radius 1 is 1.53 bits per heavy atom. The SMILES string of the molecule is CC1CCN(c2ncncc2Br)CC1Br. The summed E-state index contributed by atoms with van der Waals surface area (Å²) in [7, 11) is 0. The zero-order valence-corrected chi connectivity index (χ0v) is 11.7. The predicted octanol–water partition coefficient (Wildman–Crippen LogP) is 2.85. The highest BCUT2D eigenvalue weighted by Crippen LogP contribution is 2.29. The van der Waals surface area contributed by atoms with E-state index in [-0.39, 0.29) is 0 Å². The van der Waals surface area contributed by atoms with Gasteiger partial charge in [0.2, 0.25) is 0 Å². The summed E-state index contributed by atoms with van der Waals surface area (Å²) in [6.45, 7) is 4.36. The molecular weight excluding hydrogens is 322 g/mol. The molecule has 1 saturated heterocycles. The van der Waals surface area contributed by atoms with Crippen molar-refractivity contribution < 1.29 is 0 Å². The minimum absolute atomic E-state index is 0.549. The Morgan fingerprint density at radius 2 is 2.33 bits per heavy atom. The highest BCUT2D eigenvalue weighted by atomic mass is 79.9. The molecular formula is C10H13Br2N3. The fourth-order valence-corrected chi connectivity index (χ4v) is 2.84. The third-order valence-electron chi connectivity index (χ3n) is 2.81. The van der Waals surface area contributed by atoms with Gasteiger partial charge in [-0.25, -0.2) is 9.97 Å². The normalized spacial score (nSPS) is 26.7. The monoisotopic (exact) mass is 333 g/mol. The number of anilines is 1. The van der Waals surface area contributed by atoms with E-state index in [1.165, 1.54) is 6.42 Å². The quantitative estimate of drug-likeness (QED) is 0.739. The summed E-state index contributed by atoms with van der Waals surface area (Å²) in [5, 5.41) is 0. The Bertz CT molecular complexity index is 345. The summed E-state index contributed by atoms with van der Waals surface area (Å²) in [4.78, 5) is 11.1. The van der Waals surface area contributed by atoms with Crippen LogP contribution in [0.25, 0.3) is 0 Å². The maximum absolute atomic E-state index is 4.31. The van der Waals surface area contributed by atoms with E-state index in [2.05, 4.69) is 53.7 Å². The zero-order valence-electron chi connectivity index (χ0n) is 8.53. The van der Waals surface area contributed by atoms with Crippen molar-refractivity contribution in [3.8, 4) is 0 Å². The third-order valence-corrected chi connectivity index (χ3v) is 4.57. The van der Waals surface area contributed by atoms with Crippen LogP contribution in [-0.2, 0) is 0 Å². The number of halogens is 2. The van der Waals surface area contributed by atoms with Gasteiger partial charge in [-0.3, -0.25) is 0 Å². The van der Waals surface area contributed by atoms with E-state index in [0.717, 1.165) is 29.3 Å². The van der Waals surface area contributed by atoms with E-state index >= 15 is 0 Å². The lowest BCUT2D eigenvalue weighted by Gasteiger charge is -2.35. The van der Waals surface area contributed by atoms with Crippen LogP contribution in [0.4, 0.5) is 5.82 Å². The van der Waals surface area contributed by atoms with Gasteiger partial charge in [-0.1, -0.05) is 22.9 Å². The Hall–Kier alpha value is -0.160. The molecule has 0 spiro atoms. The molecule has 2 unspecified atom stereocenters. The first-order valence-electron chi connectivity index (χ1n) is 5.03. The van der Waals surface area contributed by atoms with Gasteiger partial charge in [-0.05, 0) is 28.3 Å². The second kappa shape index (κ2) is 4.78. The van der Waals surface area contributed by atoms with Crippen LogP contribution in [0.1, 0.15) is 13.3 Å². The molecule has 0 bridgehead atoms. The highest BCUT2D eigenvalue weighted by molar-refractivity contribution is 9.10. The summed E-state index contributed by atoms with van der Waals surface area (Å²) in [5.74, 6) is 1.74. The molecule has 82 valence electrons. The molecule has 0 aliphatic carbocycles. The number of piperidine rings is 1. The maximum Gasteiger partial charge on any atom is 0.146 e. The van der Waals surface area contributed by atoms with Gasteiger partial charge in [0.25, 0.3) is 0 Å². The molecule has 0 amide bonds. The Balaban J connectivity index is 2.15. The third kappa shape index (κ3) is 2.50. The van der Waals surface area contributed by atoms with Gasteiger partial charge >= 0.3 is 0 Å². The van der Waals surface area contributed by atoms with E-state index in [1.807, 2.05) is 0 Å². The zero-order chi connectivity index (χ0) is 10.8. The van der Waals surface area contributed by atoms with Crippen molar-refractivity contribution in [3.05, 3.63) is 17.0 Å². The molecule has 3 nitrogen and oxygen atoms in total. The summed E-state index contributed by atoms with van der Waals surface area (Å²) >= 11 is 7.20. The molecule has 1 aliphatic rings. The molecule has 1 aliphatic heterocycles. The van der Waals surface area contributed by atoms with Crippen molar-refractivity contribution in [3.63, 3.8) is 0 Å². The van der Waals surface area contributed by atoms with Crippen LogP contribution in [0.2, 0.25) is 0 Å². The lowest BCUT2D eigenvalue weighted by Crippen LogP contribution is -2.40. The number of hydrogen-bond donors (Lipinski definition) is 0. The summed E-state index contributed by atoms with van der Waals surface area (Å²) < 4.78 is 0.972. The van der Waals surface area contributed by atoms with E-state index in [1.54, 1.807) is 12.5 Å². The number of alkyl halides is 1. The molecule has 0 N–H and O–H groups in total. The van der Waals surface area contributed by atoms with Crippen molar-refractivity contribution in [1.82, 2.24) is 9.97 Å². The topological polar surface area (TPSA) is 29.0 Å². The van der Waals surface area contributed by atoms with Crippen LogP contribution in [0.3, 0.4) is 0 Å². The van der Waals surface area contributed by atoms with E-state index in [4.69, 9.17) is 0 Å². The summed E-state index contributed by atoms with van der Waals surface area (Å²) in [5.41, 5.74) is 0. The Morgan fingerprint density at radius 3 is 3.00 bits per heavy atom. The van der Waals surface area contributed by atoms with Gasteiger partial charge in [-0.15, -0.1) is 0 Å². The molecule has 15 heavy (non-hydrogen) atoms. The molecule has 0 radical (unpaired) electrons. The first kappa shape index (κ1) is 11.3. The average molecular weight is 335 g/mol. The molecule has 5 heteroatoms. The molecule has 1 fully saturated rings. The van der Waals surface area contributed by atoms with Gasteiger partial charge in [0.1, 0.15) is 12.1 Å². The van der Waals surface area contributed by atoms with Gasteiger partial charge in [0.15, 0.2) is 0 Å². The minimum atomic E-state index is 0.549. The Labute approximate surface area is 107 Å². The van der Waals surface area contributed by atoms with E-state index in [9.17, 15) is 0 Å². The number of hydrogen-bond acceptors (Lipinski definition) is 3. The second-order valence-electron chi connectivity index (χ2n) is 3.92. The number of aromatic nitrogens is 2. The van der Waals surface area contributed by atoms with Crippen LogP contribution in [0.15, 0.2) is 17.0 Å². The average Bonchev–Trinajstić information content (AvgIpc) is 2.23. The van der Waals surface area contributed by atoms with Gasteiger partial charge in [0.05, 0.1) is 4.47 Å². The molecule has 2 heterocycles. The molecule has 2 rings (SSSR count). The molecule has 2 atom stereocenters. The van der Waals surface area contributed by atoms with E-state index < -0.39 is 0 Å². The largest absolute Gasteiger partial charge is 0.354 e. The van der Waals surface area contributed by atoms with Crippen LogP contribution in [0.5, 0.6) is 0 Å². The van der Waals surface area contributed by atoms with Crippen molar-refractivity contribution in [2.45, 2.75) is 18.2 Å². The van der Waals surface area contributed by atoms with Crippen LogP contribution in [-0.4, -0.2) is 27.9 Å². The molecule has 1 aromatic heterocycles. The molecule has 0 saturated carbocycles.